The molecule has 3 aromatic carbocycles. The molecule has 44 heavy (non-hydrogen) atoms. The average molecular weight is 623 g/mol. The molecule has 0 aromatic heterocycles. The van der Waals surface area contributed by atoms with E-state index in [1.165, 1.54) is 0 Å². The summed E-state index contributed by atoms with van der Waals surface area (Å²) in [4.78, 5) is 41.9. The lowest BCUT2D eigenvalue weighted by Crippen LogP contribution is -2.54. The molecule has 1 fully saturated rings. The van der Waals surface area contributed by atoms with E-state index in [4.69, 9.17) is 4.74 Å². The summed E-state index contributed by atoms with van der Waals surface area (Å²) in [6, 6.07) is 22.6. The van der Waals surface area contributed by atoms with Crippen molar-refractivity contribution < 1.29 is 19.1 Å². The predicted octanol–water partition coefficient (Wildman–Crippen LogP) is 4.89. The number of nitrogens with zero attached hydrogens (tertiary/aromatic N) is 1. The zero-order valence-electron chi connectivity index (χ0n) is 25.9. The van der Waals surface area contributed by atoms with Crippen LogP contribution in [0.5, 0.6) is 5.75 Å². The van der Waals surface area contributed by atoms with Crippen molar-refractivity contribution in [3.8, 4) is 5.75 Å². The molecule has 4 rings (SSSR count). The highest BCUT2D eigenvalue weighted by Gasteiger charge is 2.37. The third-order valence-electron chi connectivity index (χ3n) is 8.18. The molecule has 0 radical (unpaired) electrons. The third-order valence-corrected chi connectivity index (χ3v) is 8.18. The van der Waals surface area contributed by atoms with E-state index in [0.717, 1.165) is 54.3 Å². The lowest BCUT2D eigenvalue weighted by molar-refractivity contribution is -0.142. The highest BCUT2D eigenvalue weighted by Crippen LogP contribution is 2.23. The quantitative estimate of drug-likeness (QED) is 0.198. The lowest BCUT2D eigenvalue weighted by atomic mass is 10.00. The van der Waals surface area contributed by atoms with Crippen molar-refractivity contribution in [2.75, 3.05) is 32.8 Å². The van der Waals surface area contributed by atoms with Gasteiger partial charge in [0.05, 0.1) is 0 Å². The van der Waals surface area contributed by atoms with Gasteiger partial charge in [-0.1, -0.05) is 74.5 Å². The van der Waals surface area contributed by atoms with Gasteiger partial charge in [-0.05, 0) is 67.1 Å². The number of para-hydroxylation sites is 1. The van der Waals surface area contributed by atoms with Gasteiger partial charge in [-0.2, -0.15) is 0 Å². The monoisotopic (exact) mass is 622 g/mol. The molecule has 1 aliphatic heterocycles. The molecule has 1 aliphatic rings. The van der Waals surface area contributed by atoms with E-state index in [0.29, 0.717) is 39.1 Å². The van der Waals surface area contributed by atoms with Gasteiger partial charge in [-0.25, -0.2) is 0 Å². The molecule has 9 heteroatoms. The Morgan fingerprint density at radius 1 is 0.909 bits per heavy atom. The van der Waals surface area contributed by atoms with Crippen LogP contribution in [0.1, 0.15) is 51.5 Å². The van der Waals surface area contributed by atoms with Gasteiger partial charge >= 0.3 is 0 Å². The maximum Gasteiger partial charge on any atom is 0.243 e. The summed E-state index contributed by atoms with van der Waals surface area (Å²) in [5, 5.41) is 11.6. The van der Waals surface area contributed by atoms with E-state index in [1.54, 1.807) is 4.90 Å². The van der Waals surface area contributed by atoms with Crippen LogP contribution in [0.25, 0.3) is 10.8 Å². The topological polar surface area (TPSA) is 99.8 Å². The number of carbonyl (C=O) groups excluding carboxylic acids is 3. The largest absolute Gasteiger partial charge is 0.492 e. The number of likely N-dealkylation sites (tertiary alicyclic amines) is 1. The number of carbonyl (C=O) groups is 3. The molecule has 238 valence electrons. The molecular weight excluding hydrogens is 576 g/mol. The van der Waals surface area contributed by atoms with E-state index < -0.39 is 12.1 Å². The summed E-state index contributed by atoms with van der Waals surface area (Å²) >= 11 is 0. The second-order valence-corrected chi connectivity index (χ2v) is 11.2. The van der Waals surface area contributed by atoms with Crippen LogP contribution in [0.2, 0.25) is 0 Å². The van der Waals surface area contributed by atoms with Crippen LogP contribution in [-0.2, 0) is 20.8 Å². The number of fused-ring (bicyclic) bond motifs is 1. The van der Waals surface area contributed by atoms with Crippen LogP contribution < -0.4 is 20.7 Å². The molecule has 0 saturated carbocycles. The minimum absolute atomic E-state index is 0. The molecule has 1 saturated heterocycles. The number of rotatable bonds is 16. The van der Waals surface area contributed by atoms with Crippen molar-refractivity contribution >= 4 is 40.9 Å². The van der Waals surface area contributed by atoms with E-state index in [1.807, 2.05) is 74.5 Å². The Morgan fingerprint density at radius 3 is 2.39 bits per heavy atom. The standard InChI is InChI=1S/C35H46N4O4.ClH/c1-3-27(4-2)35(42)39-22-10-16-32(39)34(41)38-31(25-26-17-18-28-12-8-9-13-29(28)24-26)33(40)37-20-11-19-36-21-23-43-30-14-6-5-7-15-30;/h5-9,12-15,17-18,24,27,31-32,36H,3-4,10-11,16,19-23,25H2,1-2H3,(H,37,40)(H,38,41);1H/t31-,32?;/m1./s1. The first-order valence-electron chi connectivity index (χ1n) is 15.7. The van der Waals surface area contributed by atoms with Gasteiger partial charge in [0.25, 0.3) is 0 Å². The summed E-state index contributed by atoms with van der Waals surface area (Å²) in [5.74, 6) is 0.336. The van der Waals surface area contributed by atoms with Crippen molar-refractivity contribution in [1.29, 1.82) is 0 Å². The predicted molar refractivity (Wildman–Crippen MR) is 178 cm³/mol. The van der Waals surface area contributed by atoms with E-state index in [2.05, 4.69) is 28.1 Å². The Kier molecular flexibility index (Phi) is 14.5. The molecule has 0 bridgehead atoms. The lowest BCUT2D eigenvalue weighted by Gasteiger charge is -2.29. The van der Waals surface area contributed by atoms with Gasteiger partial charge in [-0.15, -0.1) is 12.4 Å². The molecule has 1 unspecified atom stereocenters. The average Bonchev–Trinajstić information content (AvgIpc) is 3.53. The van der Waals surface area contributed by atoms with Crippen LogP contribution in [0.4, 0.5) is 0 Å². The first-order valence-corrected chi connectivity index (χ1v) is 15.7. The Labute approximate surface area is 267 Å². The van der Waals surface area contributed by atoms with Gasteiger partial charge in [0.2, 0.25) is 17.7 Å². The van der Waals surface area contributed by atoms with Crippen LogP contribution >= 0.6 is 12.4 Å². The zero-order chi connectivity index (χ0) is 30.4. The van der Waals surface area contributed by atoms with Crippen LogP contribution in [0.3, 0.4) is 0 Å². The highest BCUT2D eigenvalue weighted by atomic mass is 35.5. The van der Waals surface area contributed by atoms with Gasteiger partial charge in [-0.3, -0.25) is 14.4 Å². The number of nitrogens with one attached hydrogen (secondary N) is 3. The number of hydrogen-bond donors (Lipinski definition) is 3. The fraction of sp³-hybridized carbons (Fsp3) is 0.457. The van der Waals surface area contributed by atoms with Crippen LogP contribution in [0.15, 0.2) is 72.8 Å². The van der Waals surface area contributed by atoms with Gasteiger partial charge in [0.1, 0.15) is 24.4 Å². The fourth-order valence-corrected chi connectivity index (χ4v) is 5.69. The summed E-state index contributed by atoms with van der Waals surface area (Å²) < 4.78 is 5.70. The number of halogens is 1. The van der Waals surface area contributed by atoms with Crippen molar-refractivity contribution in [3.63, 3.8) is 0 Å². The molecule has 1 heterocycles. The number of ether oxygens (including phenoxy) is 1. The van der Waals surface area contributed by atoms with Gasteiger partial charge in [0, 0.05) is 32.0 Å². The molecule has 8 nitrogen and oxygen atoms in total. The smallest absolute Gasteiger partial charge is 0.243 e. The first-order chi connectivity index (χ1) is 21.0. The fourth-order valence-electron chi connectivity index (χ4n) is 5.69. The van der Waals surface area contributed by atoms with E-state index >= 15 is 0 Å². The maximum absolute atomic E-state index is 13.5. The van der Waals surface area contributed by atoms with E-state index in [-0.39, 0.29) is 36.0 Å². The Morgan fingerprint density at radius 2 is 1.64 bits per heavy atom. The molecule has 0 aliphatic carbocycles. The highest BCUT2D eigenvalue weighted by molar-refractivity contribution is 5.93. The van der Waals surface area contributed by atoms with Crippen molar-refractivity contribution in [2.24, 2.45) is 5.92 Å². The normalized spacial score (nSPS) is 15.1. The van der Waals surface area contributed by atoms with Crippen molar-refractivity contribution in [1.82, 2.24) is 20.9 Å². The molecule has 3 N–H and O–H groups in total. The van der Waals surface area contributed by atoms with E-state index in [9.17, 15) is 14.4 Å². The zero-order valence-corrected chi connectivity index (χ0v) is 26.7. The van der Waals surface area contributed by atoms with Gasteiger partial charge < -0.3 is 25.6 Å². The molecule has 3 aromatic rings. The van der Waals surface area contributed by atoms with Gasteiger partial charge in [0.15, 0.2) is 0 Å². The molecule has 0 spiro atoms. The minimum atomic E-state index is -0.744. The Hall–Kier alpha value is -3.62. The summed E-state index contributed by atoms with van der Waals surface area (Å²) in [7, 11) is 0. The first kappa shape index (κ1) is 34.9. The van der Waals surface area contributed by atoms with Crippen molar-refractivity contribution in [2.45, 2.75) is 64.5 Å². The second kappa shape index (κ2) is 18.2. The van der Waals surface area contributed by atoms with Crippen molar-refractivity contribution in [3.05, 3.63) is 78.4 Å². The molecule has 3 amide bonds. The molecule has 2 atom stereocenters. The summed E-state index contributed by atoms with van der Waals surface area (Å²) in [6.45, 7) is 7.08. The van der Waals surface area contributed by atoms with Crippen LogP contribution in [0, 0.1) is 5.92 Å². The SMILES string of the molecule is CCC(CC)C(=O)N1CCCC1C(=O)N[C@H](Cc1ccc2ccccc2c1)C(=O)NCCCNCCOc1ccccc1.Cl. The number of hydrogen-bond acceptors (Lipinski definition) is 5. The third kappa shape index (κ3) is 9.96. The Balaban J connectivity index is 0.00000529. The number of benzene rings is 3. The second-order valence-electron chi connectivity index (χ2n) is 11.2. The maximum atomic E-state index is 13.5. The minimum Gasteiger partial charge on any atom is -0.492 e. The number of amides is 3. The molecular formula is C35H47ClN4O4. The summed E-state index contributed by atoms with van der Waals surface area (Å²) in [5.41, 5.74) is 0.968. The summed E-state index contributed by atoms with van der Waals surface area (Å²) in [6.07, 6.45) is 4.01. The van der Waals surface area contributed by atoms with Crippen LogP contribution in [-0.4, -0.2) is 67.5 Å². The Bertz CT molecular complexity index is 1330.